The van der Waals surface area contributed by atoms with E-state index in [0.29, 0.717) is 59.8 Å². The van der Waals surface area contributed by atoms with E-state index in [1.807, 2.05) is 17.0 Å². The Labute approximate surface area is 210 Å². The summed E-state index contributed by atoms with van der Waals surface area (Å²) in [5, 5.41) is 5.10. The number of anilines is 1. The van der Waals surface area contributed by atoms with Crippen molar-refractivity contribution in [2.75, 3.05) is 31.1 Å². The second kappa shape index (κ2) is 9.12. The van der Waals surface area contributed by atoms with E-state index in [0.717, 1.165) is 0 Å². The van der Waals surface area contributed by atoms with E-state index < -0.39 is 11.5 Å². The number of hydrogen-bond donors (Lipinski definition) is 0. The number of rotatable bonds is 4. The van der Waals surface area contributed by atoms with Crippen LogP contribution in [0.4, 0.5) is 14.5 Å². The Morgan fingerprint density at radius 3 is 2.46 bits per heavy atom. The number of aromatic nitrogens is 4. The van der Waals surface area contributed by atoms with Crippen LogP contribution in [0.3, 0.4) is 0 Å². The molecule has 1 amide bonds. The van der Waals surface area contributed by atoms with Crippen molar-refractivity contribution in [3.8, 4) is 11.4 Å². The molecule has 10 heteroatoms. The van der Waals surface area contributed by atoms with Gasteiger partial charge < -0.3 is 9.80 Å². The highest BCUT2D eigenvalue weighted by Crippen LogP contribution is 2.21. The topological polar surface area (TPSA) is 77.0 Å². The maximum atomic E-state index is 14.2. The molecule has 5 aromatic rings. The minimum absolute atomic E-state index is 0.163. The lowest BCUT2D eigenvalue weighted by molar-refractivity contribution is -0.331. The van der Waals surface area contributed by atoms with Gasteiger partial charge in [-0.15, -0.1) is 0 Å². The minimum Gasteiger partial charge on any atom is -0.366 e. The summed E-state index contributed by atoms with van der Waals surface area (Å²) in [5.41, 5.74) is 1.59. The van der Waals surface area contributed by atoms with Crippen molar-refractivity contribution in [2.45, 2.75) is 6.54 Å². The average molecular weight is 502 g/mol. The summed E-state index contributed by atoms with van der Waals surface area (Å²) in [7, 11) is 0. The van der Waals surface area contributed by atoms with Crippen LogP contribution in [0, 0.1) is 11.6 Å². The normalized spacial score (nSPS) is 14.0. The monoisotopic (exact) mass is 501 g/mol. The lowest BCUT2D eigenvalue weighted by Crippen LogP contribution is -2.50. The van der Waals surface area contributed by atoms with E-state index >= 15 is 0 Å². The van der Waals surface area contributed by atoms with Crippen molar-refractivity contribution in [1.82, 2.24) is 19.1 Å². The second-order valence-electron chi connectivity index (χ2n) is 8.95. The van der Waals surface area contributed by atoms with Crippen LogP contribution >= 0.6 is 0 Å². The minimum atomic E-state index is -0.481. The quantitative estimate of drug-likeness (QED) is 0.380. The van der Waals surface area contributed by atoms with E-state index in [9.17, 15) is 18.4 Å². The number of aromatic amines is 1. The van der Waals surface area contributed by atoms with Crippen LogP contribution in [0.25, 0.3) is 27.9 Å². The molecule has 0 aliphatic carbocycles. The summed E-state index contributed by atoms with van der Waals surface area (Å²) in [5.74, 6) is -0.565. The lowest BCUT2D eigenvalue weighted by atomic mass is 10.2. The standard InChI is InChI=1S/C27H22F2N6O2/c28-19-7-5-6-18(16-19)25-30-26-20-8-1-3-10-22(20)34(27(37)35(26)31-25)17-24(36)33-14-12-32(13-15-33)23-11-4-2-9-21(23)29/h1-11,16H,12-15,17H2/p+1. The van der Waals surface area contributed by atoms with Gasteiger partial charge in [-0.2, -0.15) is 0 Å². The number of benzene rings is 3. The molecule has 3 heterocycles. The van der Waals surface area contributed by atoms with Gasteiger partial charge in [0.05, 0.1) is 27.3 Å². The van der Waals surface area contributed by atoms with Gasteiger partial charge in [0.25, 0.3) is 5.65 Å². The maximum absolute atomic E-state index is 14.2. The van der Waals surface area contributed by atoms with Crippen LogP contribution < -0.4 is 15.6 Å². The van der Waals surface area contributed by atoms with Crippen molar-refractivity contribution in [3.05, 3.63) is 94.9 Å². The summed E-state index contributed by atoms with van der Waals surface area (Å²) >= 11 is 0. The predicted molar refractivity (Wildman–Crippen MR) is 134 cm³/mol. The molecular weight excluding hydrogens is 478 g/mol. The number of carbonyl (C=O) groups excluding carboxylic acids is 1. The molecule has 0 unspecified atom stereocenters. The number of para-hydroxylation sites is 2. The average Bonchev–Trinajstić information content (AvgIpc) is 3.38. The van der Waals surface area contributed by atoms with Crippen molar-refractivity contribution >= 4 is 28.1 Å². The molecular formula is C27H23F2N6O2+. The van der Waals surface area contributed by atoms with Crippen LogP contribution in [0.15, 0.2) is 77.6 Å². The summed E-state index contributed by atoms with van der Waals surface area (Å²) in [6, 6.07) is 19.8. The van der Waals surface area contributed by atoms with Gasteiger partial charge in [0.15, 0.2) is 0 Å². The zero-order valence-electron chi connectivity index (χ0n) is 19.8. The number of carbonyl (C=O) groups is 1. The Hall–Kier alpha value is -4.60. The molecule has 1 fully saturated rings. The van der Waals surface area contributed by atoms with Gasteiger partial charge in [-0.05, 0) is 47.0 Å². The van der Waals surface area contributed by atoms with E-state index in [-0.39, 0.29) is 18.3 Å². The number of nitrogens with one attached hydrogen (secondary N) is 1. The van der Waals surface area contributed by atoms with E-state index in [1.54, 1.807) is 47.4 Å². The van der Waals surface area contributed by atoms with Crippen molar-refractivity contribution in [2.24, 2.45) is 0 Å². The highest BCUT2D eigenvalue weighted by molar-refractivity contribution is 5.91. The Morgan fingerprint density at radius 1 is 0.919 bits per heavy atom. The van der Waals surface area contributed by atoms with Gasteiger partial charge in [0, 0.05) is 26.2 Å². The summed E-state index contributed by atoms with van der Waals surface area (Å²) in [6.07, 6.45) is 0. The SMILES string of the molecule is O=C(Cn1c(=O)n2nc(-c3cccc(F)c3)[nH+]c2c2ccccc21)N1CCN(c2ccccc2F)CC1. The molecule has 6 rings (SSSR count). The molecule has 1 N–H and O–H groups in total. The fourth-order valence-electron chi connectivity index (χ4n) is 4.85. The van der Waals surface area contributed by atoms with E-state index in [1.165, 1.54) is 27.3 Å². The van der Waals surface area contributed by atoms with Gasteiger partial charge in [0.2, 0.25) is 5.91 Å². The molecule has 0 saturated carbocycles. The molecule has 0 bridgehead atoms. The molecule has 3 aromatic carbocycles. The van der Waals surface area contributed by atoms with Crippen molar-refractivity contribution in [3.63, 3.8) is 0 Å². The first-order valence-electron chi connectivity index (χ1n) is 12.0. The number of piperazine rings is 1. The van der Waals surface area contributed by atoms with Gasteiger partial charge in [-0.3, -0.25) is 9.36 Å². The third-order valence-corrected chi connectivity index (χ3v) is 6.73. The lowest BCUT2D eigenvalue weighted by Gasteiger charge is -2.36. The molecule has 37 heavy (non-hydrogen) atoms. The highest BCUT2D eigenvalue weighted by Gasteiger charge is 2.27. The predicted octanol–water partition coefficient (Wildman–Crippen LogP) is 2.76. The molecule has 186 valence electrons. The molecule has 8 nitrogen and oxygen atoms in total. The van der Waals surface area contributed by atoms with Crippen molar-refractivity contribution < 1.29 is 18.6 Å². The Balaban J connectivity index is 1.31. The van der Waals surface area contributed by atoms with Crippen LogP contribution in [0.1, 0.15) is 0 Å². The highest BCUT2D eigenvalue weighted by atomic mass is 19.1. The first-order valence-corrected chi connectivity index (χ1v) is 12.0. The summed E-state index contributed by atoms with van der Waals surface area (Å²) < 4.78 is 30.6. The maximum Gasteiger partial charge on any atom is 0.424 e. The third kappa shape index (κ3) is 4.10. The largest absolute Gasteiger partial charge is 0.424 e. The summed E-state index contributed by atoms with van der Waals surface area (Å²) in [6.45, 7) is 1.66. The second-order valence-corrected chi connectivity index (χ2v) is 8.95. The number of fused-ring (bicyclic) bond motifs is 3. The molecule has 1 saturated heterocycles. The number of amides is 1. The molecule has 0 spiro atoms. The number of hydrogen-bond acceptors (Lipinski definition) is 4. The fraction of sp³-hybridized carbons (Fsp3) is 0.185. The number of H-pyrrole nitrogens is 1. The van der Waals surface area contributed by atoms with Gasteiger partial charge in [-0.25, -0.2) is 18.6 Å². The summed E-state index contributed by atoms with van der Waals surface area (Å²) in [4.78, 5) is 33.5. The first-order chi connectivity index (χ1) is 18.0. The zero-order valence-corrected chi connectivity index (χ0v) is 19.8. The molecule has 0 atom stereocenters. The van der Waals surface area contributed by atoms with Crippen LogP contribution in [-0.2, 0) is 11.3 Å². The van der Waals surface area contributed by atoms with Crippen LogP contribution in [0.5, 0.6) is 0 Å². The number of halogens is 2. The smallest absolute Gasteiger partial charge is 0.366 e. The molecule has 1 aliphatic rings. The van der Waals surface area contributed by atoms with E-state index in [4.69, 9.17) is 0 Å². The Kier molecular flexibility index (Phi) is 5.63. The molecule has 2 aromatic heterocycles. The third-order valence-electron chi connectivity index (χ3n) is 6.73. The van der Waals surface area contributed by atoms with Gasteiger partial charge >= 0.3 is 11.5 Å². The van der Waals surface area contributed by atoms with Crippen molar-refractivity contribution in [1.29, 1.82) is 0 Å². The zero-order chi connectivity index (χ0) is 25.5. The van der Waals surface area contributed by atoms with Crippen LogP contribution in [-0.4, -0.2) is 51.2 Å². The molecule has 1 aliphatic heterocycles. The fourth-order valence-corrected chi connectivity index (χ4v) is 4.85. The first kappa shape index (κ1) is 22.8. The van der Waals surface area contributed by atoms with Crippen LogP contribution in [0.2, 0.25) is 0 Å². The van der Waals surface area contributed by atoms with Gasteiger partial charge in [0.1, 0.15) is 18.2 Å². The number of nitrogens with zero attached hydrogens (tertiary/aromatic N) is 5. The molecule has 0 radical (unpaired) electrons. The van der Waals surface area contributed by atoms with Gasteiger partial charge in [-0.1, -0.05) is 30.3 Å². The Bertz CT molecular complexity index is 1700. The van der Waals surface area contributed by atoms with E-state index in [2.05, 4.69) is 10.1 Å². The Morgan fingerprint density at radius 2 is 1.68 bits per heavy atom.